The van der Waals surface area contributed by atoms with Crippen molar-refractivity contribution in [3.8, 4) is 0 Å². The van der Waals surface area contributed by atoms with Gasteiger partial charge in [0, 0.05) is 18.9 Å². The van der Waals surface area contributed by atoms with Crippen molar-refractivity contribution in [1.82, 2.24) is 4.90 Å². The highest BCUT2D eigenvalue weighted by atomic mass is 16.5. The number of amides is 2. The molecule has 4 fully saturated rings. The minimum atomic E-state index is -0.259. The summed E-state index contributed by atoms with van der Waals surface area (Å²) in [5.74, 6) is -0.107. The number of likely N-dealkylation sites (tertiary alicyclic amines) is 1. The van der Waals surface area contributed by atoms with Gasteiger partial charge in [-0.25, -0.2) is 0 Å². The number of carbonyl (C=O) groups is 2. The largest absolute Gasteiger partial charge is 0.372 e. The molecule has 0 radical (unpaired) electrons. The van der Waals surface area contributed by atoms with E-state index >= 15 is 0 Å². The van der Waals surface area contributed by atoms with Gasteiger partial charge in [-0.15, -0.1) is 0 Å². The molecule has 4 saturated heterocycles. The highest BCUT2D eigenvalue weighted by molar-refractivity contribution is 6.06. The lowest BCUT2D eigenvalue weighted by Crippen LogP contribution is -2.44. The Morgan fingerprint density at radius 3 is 1.94 bits per heavy atom. The minimum Gasteiger partial charge on any atom is -0.372 e. The fourth-order valence-electron chi connectivity index (χ4n) is 4.74. The molecule has 0 aromatic heterocycles. The van der Waals surface area contributed by atoms with Crippen LogP contribution in [-0.2, 0) is 19.1 Å². The molecule has 2 unspecified atom stereocenters. The van der Waals surface area contributed by atoms with Gasteiger partial charge in [-0.1, -0.05) is 12.2 Å². The van der Waals surface area contributed by atoms with E-state index in [1.54, 1.807) is 7.05 Å². The van der Waals surface area contributed by atoms with Gasteiger partial charge >= 0.3 is 0 Å². The number of hydrogen-bond donors (Lipinski definition) is 0. The predicted octanol–water partition coefficient (Wildman–Crippen LogP) is -0.432. The lowest BCUT2D eigenvalue weighted by Gasteiger charge is -2.30. The molecule has 8 atom stereocenters. The second-order valence-electron chi connectivity index (χ2n) is 5.96. The number of carbonyl (C=O) groups excluding carboxylic acids is 2. The van der Waals surface area contributed by atoms with Crippen molar-refractivity contribution in [2.24, 2.45) is 23.7 Å². The molecule has 0 aliphatic carbocycles. The SMILES string of the molecule is CN1C(=O)[C@@H]2[C@H](C1=O)[C@H]1O[C@@H]2C2C1[C@@H]1C=C[C@H]2O1. The van der Waals surface area contributed by atoms with Crippen LogP contribution in [0.4, 0.5) is 0 Å². The van der Waals surface area contributed by atoms with Crippen molar-refractivity contribution in [2.75, 3.05) is 7.05 Å². The van der Waals surface area contributed by atoms with Gasteiger partial charge in [0.2, 0.25) is 11.8 Å². The summed E-state index contributed by atoms with van der Waals surface area (Å²) in [5, 5.41) is 0. The Bertz CT molecular complexity index is 473. The van der Waals surface area contributed by atoms with Crippen LogP contribution in [0.2, 0.25) is 0 Å². The Labute approximate surface area is 104 Å². The average molecular weight is 247 g/mol. The molecule has 0 aromatic rings. The van der Waals surface area contributed by atoms with Gasteiger partial charge in [0.15, 0.2) is 0 Å². The Balaban J connectivity index is 1.62. The lowest BCUT2D eigenvalue weighted by molar-refractivity contribution is -0.141. The maximum Gasteiger partial charge on any atom is 0.235 e. The molecule has 18 heavy (non-hydrogen) atoms. The molecule has 0 spiro atoms. The van der Waals surface area contributed by atoms with Crippen LogP contribution in [0.5, 0.6) is 0 Å². The molecule has 0 saturated carbocycles. The van der Waals surface area contributed by atoms with Crippen LogP contribution >= 0.6 is 0 Å². The Morgan fingerprint density at radius 2 is 1.44 bits per heavy atom. The number of nitrogens with zero attached hydrogens (tertiary/aromatic N) is 1. The molecule has 5 aliphatic heterocycles. The van der Waals surface area contributed by atoms with Gasteiger partial charge in [-0.05, 0) is 0 Å². The van der Waals surface area contributed by atoms with Gasteiger partial charge in [-0.3, -0.25) is 14.5 Å². The van der Waals surface area contributed by atoms with E-state index in [4.69, 9.17) is 9.47 Å². The molecule has 5 nitrogen and oxygen atoms in total. The Kier molecular flexibility index (Phi) is 1.45. The van der Waals surface area contributed by atoms with E-state index in [1.807, 2.05) is 0 Å². The topological polar surface area (TPSA) is 55.8 Å². The molecule has 94 valence electrons. The average Bonchev–Trinajstić information content (AvgIpc) is 3.11. The van der Waals surface area contributed by atoms with Crippen LogP contribution in [0.25, 0.3) is 0 Å². The number of imide groups is 1. The number of ether oxygens (including phenoxy) is 2. The zero-order valence-electron chi connectivity index (χ0n) is 9.85. The fraction of sp³-hybridized carbons (Fsp3) is 0.692. The molecule has 5 aliphatic rings. The number of rotatable bonds is 0. The van der Waals surface area contributed by atoms with Crippen LogP contribution in [-0.4, -0.2) is 48.2 Å². The van der Waals surface area contributed by atoms with Crippen molar-refractivity contribution in [1.29, 1.82) is 0 Å². The summed E-state index contributed by atoms with van der Waals surface area (Å²) in [4.78, 5) is 25.6. The van der Waals surface area contributed by atoms with Gasteiger partial charge in [0.25, 0.3) is 0 Å². The molecule has 0 N–H and O–H groups in total. The molecule has 5 heterocycles. The molecule has 2 amide bonds. The zero-order valence-corrected chi connectivity index (χ0v) is 9.85. The molecule has 4 bridgehead atoms. The summed E-state index contributed by atoms with van der Waals surface area (Å²) in [6, 6.07) is 0. The minimum absolute atomic E-state index is 0.0669. The highest BCUT2D eigenvalue weighted by Gasteiger charge is 2.72. The van der Waals surface area contributed by atoms with Crippen molar-refractivity contribution in [3.63, 3.8) is 0 Å². The van der Waals surface area contributed by atoms with E-state index < -0.39 is 0 Å². The predicted molar refractivity (Wildman–Crippen MR) is 58.2 cm³/mol. The number of hydrogen-bond acceptors (Lipinski definition) is 4. The lowest BCUT2D eigenvalue weighted by atomic mass is 9.65. The van der Waals surface area contributed by atoms with Crippen LogP contribution in [0.3, 0.4) is 0 Å². The van der Waals surface area contributed by atoms with Gasteiger partial charge < -0.3 is 9.47 Å². The van der Waals surface area contributed by atoms with Gasteiger partial charge in [0.05, 0.1) is 36.3 Å². The van der Waals surface area contributed by atoms with E-state index in [2.05, 4.69) is 12.2 Å². The van der Waals surface area contributed by atoms with Crippen LogP contribution in [0.15, 0.2) is 12.2 Å². The normalized spacial score (nSPS) is 58.8. The summed E-state index contributed by atoms with van der Waals surface area (Å²) in [6.45, 7) is 0. The van der Waals surface area contributed by atoms with E-state index in [1.165, 1.54) is 4.90 Å². The summed E-state index contributed by atoms with van der Waals surface area (Å²) in [5.41, 5.74) is 0. The van der Waals surface area contributed by atoms with E-state index in [-0.39, 0.29) is 59.9 Å². The molecule has 0 aromatic carbocycles. The smallest absolute Gasteiger partial charge is 0.235 e. The van der Waals surface area contributed by atoms with Crippen molar-refractivity contribution < 1.29 is 19.1 Å². The third-order valence-corrected chi connectivity index (χ3v) is 5.41. The maximum atomic E-state index is 12.1. The summed E-state index contributed by atoms with van der Waals surface area (Å²) in [6.07, 6.45) is 4.10. The Morgan fingerprint density at radius 1 is 0.944 bits per heavy atom. The van der Waals surface area contributed by atoms with E-state index in [0.29, 0.717) is 0 Å². The maximum absolute atomic E-state index is 12.1. The quantitative estimate of drug-likeness (QED) is 0.430. The standard InChI is InChI=1S/C13H13NO4/c1-14-12(15)8-9(13(14)16)11-7-5-3-2-4(17-5)6(7)10(8)18-11/h2-11H,1H3/t4-,5+,6?,7?,8-,9+,10-,11+. The van der Waals surface area contributed by atoms with E-state index in [9.17, 15) is 9.59 Å². The fourth-order valence-corrected chi connectivity index (χ4v) is 4.74. The first-order valence-corrected chi connectivity index (χ1v) is 6.49. The van der Waals surface area contributed by atoms with Crippen LogP contribution in [0.1, 0.15) is 0 Å². The van der Waals surface area contributed by atoms with Crippen LogP contribution in [0, 0.1) is 23.7 Å². The number of fused-ring (bicyclic) bond motifs is 12. The van der Waals surface area contributed by atoms with Gasteiger partial charge in [-0.2, -0.15) is 0 Å². The second kappa shape index (κ2) is 2.70. The monoisotopic (exact) mass is 247 g/mol. The summed E-state index contributed by atoms with van der Waals surface area (Å²) < 4.78 is 11.8. The second-order valence-corrected chi connectivity index (χ2v) is 5.96. The molecule has 5 rings (SSSR count). The van der Waals surface area contributed by atoms with Crippen molar-refractivity contribution in [2.45, 2.75) is 24.4 Å². The molecule has 5 heteroatoms. The Hall–Kier alpha value is -1.20. The summed E-state index contributed by atoms with van der Waals surface area (Å²) in [7, 11) is 1.58. The van der Waals surface area contributed by atoms with Crippen molar-refractivity contribution >= 4 is 11.8 Å². The van der Waals surface area contributed by atoms with Crippen LogP contribution < -0.4 is 0 Å². The van der Waals surface area contributed by atoms with Gasteiger partial charge in [0.1, 0.15) is 0 Å². The molecular formula is C13H13NO4. The third kappa shape index (κ3) is 0.788. The first-order valence-electron chi connectivity index (χ1n) is 6.49. The van der Waals surface area contributed by atoms with E-state index in [0.717, 1.165) is 0 Å². The molecular weight excluding hydrogens is 234 g/mol. The van der Waals surface area contributed by atoms with Crippen molar-refractivity contribution in [3.05, 3.63) is 12.2 Å². The highest BCUT2D eigenvalue weighted by Crippen LogP contribution is 2.60. The first-order chi connectivity index (χ1) is 8.68. The summed E-state index contributed by atoms with van der Waals surface area (Å²) >= 11 is 0. The zero-order chi connectivity index (χ0) is 12.2. The first kappa shape index (κ1) is 9.69. The third-order valence-electron chi connectivity index (χ3n) is 5.41.